The molecule has 9 heteroatoms. The highest BCUT2D eigenvalue weighted by molar-refractivity contribution is 7.09. The van der Waals surface area contributed by atoms with Crippen molar-refractivity contribution in [2.24, 2.45) is 4.99 Å². The zero-order valence-electron chi connectivity index (χ0n) is 14.3. The van der Waals surface area contributed by atoms with Gasteiger partial charge in [0.1, 0.15) is 22.6 Å². The summed E-state index contributed by atoms with van der Waals surface area (Å²) < 4.78 is 0. The second-order valence-corrected chi connectivity index (χ2v) is 7.05. The fourth-order valence-corrected chi connectivity index (χ4v) is 4.10. The van der Waals surface area contributed by atoms with E-state index in [1.54, 1.807) is 29.8 Å². The highest BCUT2D eigenvalue weighted by atomic mass is 32.1. The molecule has 1 atom stereocenters. The summed E-state index contributed by atoms with van der Waals surface area (Å²) in [6.07, 6.45) is 8.07. The van der Waals surface area contributed by atoms with Gasteiger partial charge in [-0.15, -0.1) is 11.3 Å². The first-order chi connectivity index (χ1) is 13.2. The van der Waals surface area contributed by atoms with Crippen LogP contribution in [0, 0.1) is 22.1 Å². The Bertz CT molecular complexity index is 1070. The highest BCUT2D eigenvalue weighted by Gasteiger charge is 2.30. The van der Waals surface area contributed by atoms with Crippen LogP contribution < -0.4 is 0 Å². The number of pyridine rings is 1. The van der Waals surface area contributed by atoms with Gasteiger partial charge < -0.3 is 15.3 Å². The molecule has 0 radical (unpaired) electrons. The minimum Gasteiger partial charge on any atom is -0.346 e. The van der Waals surface area contributed by atoms with Gasteiger partial charge in [-0.25, -0.2) is 15.0 Å². The zero-order chi connectivity index (χ0) is 18.8. The number of nitriles is 1. The number of likely N-dealkylation sites (tertiary alicyclic amines) is 1. The van der Waals surface area contributed by atoms with Crippen molar-refractivity contribution in [1.82, 2.24) is 19.9 Å². The van der Waals surface area contributed by atoms with Crippen LogP contribution in [0.3, 0.4) is 0 Å². The van der Waals surface area contributed by atoms with Crippen LogP contribution in [0.2, 0.25) is 0 Å². The molecule has 1 aliphatic rings. The highest BCUT2D eigenvalue weighted by Crippen LogP contribution is 2.33. The molecule has 27 heavy (non-hydrogen) atoms. The lowest BCUT2D eigenvalue weighted by Crippen LogP contribution is -2.32. The number of aromatic nitrogens is 3. The number of H-pyrrole nitrogens is 1. The van der Waals surface area contributed by atoms with Gasteiger partial charge in [-0.2, -0.15) is 5.26 Å². The normalized spacial score (nSPS) is 17.2. The molecular formula is C18H16N8S. The lowest BCUT2D eigenvalue weighted by atomic mass is 10.1. The maximum atomic E-state index is 9.09. The quantitative estimate of drug-likeness (QED) is 0.479. The van der Waals surface area contributed by atoms with Crippen molar-refractivity contribution in [1.29, 1.82) is 16.1 Å². The first kappa shape index (κ1) is 17.1. The van der Waals surface area contributed by atoms with Gasteiger partial charge in [0.2, 0.25) is 0 Å². The molecule has 1 fully saturated rings. The van der Waals surface area contributed by atoms with Gasteiger partial charge in [0, 0.05) is 41.5 Å². The number of hydrogen-bond donors (Lipinski definition) is 3. The van der Waals surface area contributed by atoms with Crippen molar-refractivity contribution < 1.29 is 0 Å². The van der Waals surface area contributed by atoms with Gasteiger partial charge >= 0.3 is 0 Å². The average Bonchev–Trinajstić information content (AvgIpc) is 3.44. The Morgan fingerprint density at radius 2 is 2.37 bits per heavy atom. The number of aromatic amines is 1. The van der Waals surface area contributed by atoms with Crippen LogP contribution in [0.4, 0.5) is 0 Å². The van der Waals surface area contributed by atoms with Gasteiger partial charge in [-0.3, -0.25) is 5.41 Å². The summed E-state index contributed by atoms with van der Waals surface area (Å²) in [5.74, 6) is 0.470. The van der Waals surface area contributed by atoms with Gasteiger partial charge in [-0.05, 0) is 18.9 Å². The number of nitrogens with one attached hydrogen (secondary N) is 3. The van der Waals surface area contributed by atoms with E-state index in [1.807, 2.05) is 10.3 Å². The molecule has 0 aromatic carbocycles. The predicted molar refractivity (Wildman–Crippen MR) is 105 cm³/mol. The number of rotatable bonds is 3. The number of aliphatic imine (C=N–C) groups is 1. The SMILES string of the molecule is N#Cc1cnc2[nH]cc(C(=N)/N=C(\C=N)N3CCCC3c3nccs3)c2c1. The topological polar surface area (TPSA) is 129 Å². The van der Waals surface area contributed by atoms with Gasteiger partial charge in [-0.1, -0.05) is 0 Å². The van der Waals surface area contributed by atoms with Gasteiger partial charge in [0.25, 0.3) is 0 Å². The molecule has 8 nitrogen and oxygen atoms in total. The summed E-state index contributed by atoms with van der Waals surface area (Å²) in [6.45, 7) is 0.778. The zero-order valence-corrected chi connectivity index (χ0v) is 15.1. The Balaban J connectivity index is 1.68. The van der Waals surface area contributed by atoms with Crippen LogP contribution in [-0.2, 0) is 0 Å². The summed E-state index contributed by atoms with van der Waals surface area (Å²) in [5.41, 5.74) is 1.58. The van der Waals surface area contributed by atoms with E-state index in [4.69, 9.17) is 16.1 Å². The van der Waals surface area contributed by atoms with Crippen molar-refractivity contribution in [2.75, 3.05) is 6.54 Å². The van der Waals surface area contributed by atoms with Gasteiger partial charge in [0.05, 0.1) is 17.8 Å². The monoisotopic (exact) mass is 376 g/mol. The van der Waals surface area contributed by atoms with Crippen LogP contribution in [0.25, 0.3) is 11.0 Å². The smallest absolute Gasteiger partial charge is 0.156 e. The van der Waals surface area contributed by atoms with Crippen molar-refractivity contribution in [2.45, 2.75) is 18.9 Å². The molecule has 0 bridgehead atoms. The molecule has 0 spiro atoms. The van der Waals surface area contributed by atoms with E-state index in [0.29, 0.717) is 28.0 Å². The molecule has 4 heterocycles. The summed E-state index contributed by atoms with van der Waals surface area (Å²) in [4.78, 5) is 18.0. The molecule has 0 amide bonds. The molecule has 1 saturated heterocycles. The third-order valence-corrected chi connectivity index (χ3v) is 5.43. The van der Waals surface area contributed by atoms with E-state index >= 15 is 0 Å². The molecule has 134 valence electrons. The summed E-state index contributed by atoms with van der Waals surface area (Å²) in [6, 6.07) is 3.84. The second-order valence-electron chi connectivity index (χ2n) is 6.12. The molecule has 3 aromatic rings. The molecule has 0 saturated carbocycles. The van der Waals surface area contributed by atoms with E-state index in [1.165, 1.54) is 12.4 Å². The lowest BCUT2D eigenvalue weighted by Gasteiger charge is -2.24. The first-order valence-corrected chi connectivity index (χ1v) is 9.30. The van der Waals surface area contributed by atoms with E-state index in [0.717, 1.165) is 24.4 Å². The Morgan fingerprint density at radius 1 is 1.48 bits per heavy atom. The Hall–Kier alpha value is -3.38. The number of thiazole rings is 1. The molecule has 3 aromatic heterocycles. The minimum atomic E-state index is 0.0291. The minimum absolute atomic E-state index is 0.0291. The maximum absolute atomic E-state index is 9.09. The molecule has 0 aliphatic carbocycles. The van der Waals surface area contributed by atoms with E-state index in [-0.39, 0.29) is 11.9 Å². The number of nitrogens with zero attached hydrogens (tertiary/aromatic N) is 5. The van der Waals surface area contributed by atoms with Crippen LogP contribution in [0.15, 0.2) is 35.0 Å². The van der Waals surface area contributed by atoms with E-state index in [9.17, 15) is 0 Å². The number of amidine groups is 2. The second kappa shape index (κ2) is 7.09. The average molecular weight is 376 g/mol. The van der Waals surface area contributed by atoms with Crippen LogP contribution >= 0.6 is 11.3 Å². The van der Waals surface area contributed by atoms with Crippen LogP contribution in [-0.4, -0.2) is 44.3 Å². The lowest BCUT2D eigenvalue weighted by molar-refractivity contribution is 0.405. The van der Waals surface area contributed by atoms with E-state index in [2.05, 4.69) is 26.0 Å². The third kappa shape index (κ3) is 3.11. The van der Waals surface area contributed by atoms with Crippen molar-refractivity contribution in [3.63, 3.8) is 0 Å². The third-order valence-electron chi connectivity index (χ3n) is 4.55. The first-order valence-electron chi connectivity index (χ1n) is 8.42. The van der Waals surface area contributed by atoms with Crippen molar-refractivity contribution >= 4 is 40.3 Å². The molecular weight excluding hydrogens is 360 g/mol. The molecule has 3 N–H and O–H groups in total. The number of fused-ring (bicyclic) bond motifs is 1. The van der Waals surface area contributed by atoms with Crippen molar-refractivity contribution in [3.05, 3.63) is 46.2 Å². The number of hydrogen-bond acceptors (Lipinski definition) is 6. The fraction of sp³-hybridized carbons (Fsp3) is 0.222. The molecule has 1 unspecified atom stereocenters. The predicted octanol–water partition coefficient (Wildman–Crippen LogP) is 3.10. The largest absolute Gasteiger partial charge is 0.346 e. The Labute approximate surface area is 159 Å². The fourth-order valence-electron chi connectivity index (χ4n) is 3.31. The summed E-state index contributed by atoms with van der Waals surface area (Å²) >= 11 is 1.59. The van der Waals surface area contributed by atoms with Crippen LogP contribution in [0.5, 0.6) is 0 Å². The molecule has 1 aliphatic heterocycles. The van der Waals surface area contributed by atoms with Crippen LogP contribution in [0.1, 0.15) is 35.0 Å². The van der Waals surface area contributed by atoms with Crippen molar-refractivity contribution in [3.8, 4) is 6.07 Å². The Morgan fingerprint density at radius 3 is 3.11 bits per heavy atom. The van der Waals surface area contributed by atoms with Gasteiger partial charge in [0.15, 0.2) is 5.84 Å². The van der Waals surface area contributed by atoms with E-state index < -0.39 is 0 Å². The summed E-state index contributed by atoms with van der Waals surface area (Å²) in [5, 5.41) is 29.0. The Kier molecular flexibility index (Phi) is 4.48. The maximum Gasteiger partial charge on any atom is 0.156 e. The standard InChI is InChI=1S/C18H16N8S/c19-7-11-6-12-13(10-24-17(12)23-9-11)16(21)25-15(8-20)26-4-1-2-14(26)18-22-3-5-27-18/h3,5-6,8-10,14,20-21H,1-2,4H2,(H,23,24)/b20-8?,21-16?,25-15+. The summed E-state index contributed by atoms with van der Waals surface area (Å²) in [7, 11) is 0. The molecule has 4 rings (SSSR count).